The molecule has 0 radical (unpaired) electrons. The average Bonchev–Trinajstić information content (AvgIpc) is 3.03. The monoisotopic (exact) mass is 262 g/mol. The zero-order valence-electron chi connectivity index (χ0n) is 9.53. The lowest BCUT2D eigenvalue weighted by Gasteiger charge is -2.29. The second-order valence-electron chi connectivity index (χ2n) is 4.67. The number of rotatable bonds is 1. The molecule has 0 aliphatic carbocycles. The maximum Gasteiger partial charge on any atom is 0.0527 e. The molecule has 0 saturated carbocycles. The van der Waals surface area contributed by atoms with Crippen molar-refractivity contribution in [3.63, 3.8) is 0 Å². The lowest BCUT2D eigenvalue weighted by Crippen LogP contribution is -2.29. The minimum absolute atomic E-state index is 1.06. The molecule has 2 aromatic rings. The third-order valence-corrected chi connectivity index (χ3v) is 5.67. The Balaban J connectivity index is 1.68. The van der Waals surface area contributed by atoms with Crippen molar-refractivity contribution in [1.29, 1.82) is 0 Å². The van der Waals surface area contributed by atoms with Gasteiger partial charge in [0.2, 0.25) is 0 Å². The molecule has 0 atom stereocenters. The molecule has 0 fully saturated rings. The molecular weight excluding hydrogens is 248 g/mol. The highest BCUT2D eigenvalue weighted by Crippen LogP contribution is 2.36. The van der Waals surface area contributed by atoms with Gasteiger partial charge in [0.1, 0.15) is 0 Å². The van der Waals surface area contributed by atoms with Gasteiger partial charge in [-0.25, -0.2) is 0 Å². The van der Waals surface area contributed by atoms with Crippen molar-refractivity contribution in [3.8, 4) is 0 Å². The first-order valence-electron chi connectivity index (χ1n) is 6.02. The molecule has 4 heterocycles. The molecule has 2 aliphatic heterocycles. The number of anilines is 1. The summed E-state index contributed by atoms with van der Waals surface area (Å²) in [5.74, 6) is 0. The van der Waals surface area contributed by atoms with E-state index in [4.69, 9.17) is 0 Å². The Morgan fingerprint density at radius 1 is 1.18 bits per heavy atom. The predicted octanol–water partition coefficient (Wildman–Crippen LogP) is 2.98. The normalized spacial score (nSPS) is 18.2. The van der Waals surface area contributed by atoms with Crippen LogP contribution in [0.25, 0.3) is 0 Å². The Bertz CT molecular complexity index is 556. The van der Waals surface area contributed by atoms with Crippen LogP contribution in [0.2, 0.25) is 0 Å². The molecule has 0 bridgehead atoms. The Morgan fingerprint density at radius 2 is 2.18 bits per heavy atom. The Hall–Kier alpha value is -0.840. The van der Waals surface area contributed by atoms with Gasteiger partial charge in [0, 0.05) is 40.3 Å². The van der Waals surface area contributed by atoms with Gasteiger partial charge in [-0.15, -0.1) is 22.7 Å². The number of nitrogens with one attached hydrogen (secondary N) is 1. The molecule has 88 valence electrons. The number of hydrogen-bond acceptors (Lipinski definition) is 4. The van der Waals surface area contributed by atoms with Crippen LogP contribution >= 0.6 is 22.7 Å². The lowest BCUT2D eigenvalue weighted by molar-refractivity contribution is 0.732. The molecule has 0 amide bonds. The van der Waals surface area contributed by atoms with E-state index in [0.29, 0.717) is 0 Å². The first-order chi connectivity index (χ1) is 8.42. The van der Waals surface area contributed by atoms with Gasteiger partial charge in [0.15, 0.2) is 0 Å². The van der Waals surface area contributed by atoms with Gasteiger partial charge in [-0.05, 0) is 23.4 Å². The summed E-state index contributed by atoms with van der Waals surface area (Å²) >= 11 is 3.82. The van der Waals surface area contributed by atoms with Crippen LogP contribution in [0, 0.1) is 0 Å². The van der Waals surface area contributed by atoms with Gasteiger partial charge < -0.3 is 10.2 Å². The summed E-state index contributed by atoms with van der Waals surface area (Å²) in [6, 6.07) is 2.29. The van der Waals surface area contributed by atoms with E-state index in [0.717, 1.165) is 19.6 Å². The number of nitrogens with zero attached hydrogens (tertiary/aromatic N) is 1. The Labute approximate surface area is 109 Å². The van der Waals surface area contributed by atoms with E-state index >= 15 is 0 Å². The highest BCUT2D eigenvalue weighted by Gasteiger charge is 2.24. The molecule has 2 aliphatic rings. The third kappa shape index (κ3) is 1.55. The fourth-order valence-corrected chi connectivity index (χ4v) is 4.76. The summed E-state index contributed by atoms with van der Waals surface area (Å²) in [7, 11) is 0. The quantitative estimate of drug-likeness (QED) is 0.850. The van der Waals surface area contributed by atoms with Crippen LogP contribution in [0.5, 0.6) is 0 Å². The van der Waals surface area contributed by atoms with Crippen LogP contribution in [0.1, 0.15) is 20.9 Å². The van der Waals surface area contributed by atoms with Gasteiger partial charge in [-0.1, -0.05) is 0 Å². The van der Waals surface area contributed by atoms with E-state index in [9.17, 15) is 0 Å². The van der Waals surface area contributed by atoms with Gasteiger partial charge in [-0.3, -0.25) is 0 Å². The number of fused-ring (bicyclic) bond motifs is 2. The van der Waals surface area contributed by atoms with Crippen molar-refractivity contribution in [2.45, 2.75) is 26.1 Å². The maximum atomic E-state index is 3.45. The standard InChI is InChI=1S/C13H14N2S2/c1-3-15(7-13-9(1)2-4-16-13)11-8-17-12-6-14-5-10(11)12/h2,4,8,14H,1,3,5-7H2. The summed E-state index contributed by atoms with van der Waals surface area (Å²) in [6.45, 7) is 4.41. The second kappa shape index (κ2) is 3.83. The zero-order valence-corrected chi connectivity index (χ0v) is 11.2. The molecule has 0 saturated heterocycles. The molecule has 17 heavy (non-hydrogen) atoms. The van der Waals surface area contributed by atoms with Crippen molar-refractivity contribution in [3.05, 3.63) is 37.7 Å². The van der Waals surface area contributed by atoms with E-state index in [1.807, 2.05) is 22.7 Å². The van der Waals surface area contributed by atoms with E-state index in [-0.39, 0.29) is 0 Å². The summed E-state index contributed by atoms with van der Waals surface area (Å²) in [4.78, 5) is 5.65. The van der Waals surface area contributed by atoms with Crippen molar-refractivity contribution in [2.75, 3.05) is 11.4 Å². The predicted molar refractivity (Wildman–Crippen MR) is 73.9 cm³/mol. The van der Waals surface area contributed by atoms with Crippen LogP contribution in [-0.2, 0) is 26.1 Å². The Morgan fingerprint density at radius 3 is 3.18 bits per heavy atom. The van der Waals surface area contributed by atoms with Gasteiger partial charge in [0.05, 0.1) is 12.2 Å². The number of thiophene rings is 2. The molecule has 4 heteroatoms. The summed E-state index contributed by atoms with van der Waals surface area (Å²) in [5, 5.41) is 8.03. The second-order valence-corrected chi connectivity index (χ2v) is 6.63. The zero-order chi connectivity index (χ0) is 11.2. The topological polar surface area (TPSA) is 15.3 Å². The van der Waals surface area contributed by atoms with Crippen LogP contribution in [0.15, 0.2) is 16.8 Å². The molecular formula is C13H14N2S2. The summed E-state index contributed by atoms with van der Waals surface area (Å²) in [6.07, 6.45) is 1.21. The third-order valence-electron chi connectivity index (χ3n) is 3.71. The minimum atomic E-state index is 1.06. The molecule has 0 unspecified atom stereocenters. The van der Waals surface area contributed by atoms with Crippen molar-refractivity contribution < 1.29 is 0 Å². The highest BCUT2D eigenvalue weighted by atomic mass is 32.1. The number of hydrogen-bond donors (Lipinski definition) is 1. The first-order valence-corrected chi connectivity index (χ1v) is 7.78. The fourth-order valence-electron chi connectivity index (χ4n) is 2.76. The van der Waals surface area contributed by atoms with Crippen molar-refractivity contribution in [2.24, 2.45) is 0 Å². The molecule has 0 spiro atoms. The van der Waals surface area contributed by atoms with Gasteiger partial charge in [-0.2, -0.15) is 0 Å². The first kappa shape index (κ1) is 10.1. The van der Waals surface area contributed by atoms with Crippen LogP contribution in [0.4, 0.5) is 5.69 Å². The fraction of sp³-hybridized carbons (Fsp3) is 0.385. The smallest absolute Gasteiger partial charge is 0.0527 e. The van der Waals surface area contributed by atoms with E-state index in [1.54, 1.807) is 16.0 Å². The van der Waals surface area contributed by atoms with Crippen molar-refractivity contribution in [1.82, 2.24) is 5.32 Å². The Kier molecular flexibility index (Phi) is 2.28. The summed E-state index contributed by atoms with van der Waals surface area (Å²) in [5.41, 5.74) is 4.60. The summed E-state index contributed by atoms with van der Waals surface area (Å²) < 4.78 is 0. The molecule has 0 aromatic carbocycles. The van der Waals surface area contributed by atoms with Crippen LogP contribution < -0.4 is 10.2 Å². The molecule has 4 rings (SSSR count). The average molecular weight is 262 g/mol. The SMILES string of the molecule is c1cc2c(s1)CN(c1csc3c1CNC3)CC2. The maximum absolute atomic E-state index is 3.45. The highest BCUT2D eigenvalue weighted by molar-refractivity contribution is 7.10. The molecule has 1 N–H and O–H groups in total. The van der Waals surface area contributed by atoms with Gasteiger partial charge >= 0.3 is 0 Å². The largest absolute Gasteiger partial charge is 0.365 e. The van der Waals surface area contributed by atoms with E-state index in [2.05, 4.69) is 27.0 Å². The lowest BCUT2D eigenvalue weighted by atomic mass is 10.1. The van der Waals surface area contributed by atoms with E-state index in [1.165, 1.54) is 23.5 Å². The molecule has 2 aromatic heterocycles. The van der Waals surface area contributed by atoms with Crippen LogP contribution in [-0.4, -0.2) is 6.54 Å². The van der Waals surface area contributed by atoms with E-state index < -0.39 is 0 Å². The molecule has 2 nitrogen and oxygen atoms in total. The minimum Gasteiger partial charge on any atom is -0.365 e. The van der Waals surface area contributed by atoms with Gasteiger partial charge in [0.25, 0.3) is 0 Å². The van der Waals surface area contributed by atoms with Crippen molar-refractivity contribution >= 4 is 28.4 Å². The van der Waals surface area contributed by atoms with Crippen LogP contribution in [0.3, 0.4) is 0 Å².